The van der Waals surface area contributed by atoms with Crippen LogP contribution in [0.25, 0.3) is 15.9 Å². The second kappa shape index (κ2) is 7.46. The molecule has 0 saturated heterocycles. The number of hydrogen-bond acceptors (Lipinski definition) is 6. The molecule has 3 aromatic heterocycles. The summed E-state index contributed by atoms with van der Waals surface area (Å²) >= 11 is 8.16. The number of fused-ring (bicyclic) bond motifs is 1. The molecule has 0 atom stereocenters. The van der Waals surface area contributed by atoms with Crippen LogP contribution in [-0.4, -0.2) is 28.1 Å². The van der Waals surface area contributed by atoms with Gasteiger partial charge in [-0.25, -0.2) is 13.9 Å². The molecule has 9 heteroatoms. The Morgan fingerprint density at radius 3 is 2.57 bits per heavy atom. The maximum Gasteiger partial charge on any atom is 0.348 e. The summed E-state index contributed by atoms with van der Waals surface area (Å²) in [6.45, 7) is 1.47. The lowest BCUT2D eigenvalue weighted by atomic mass is 10.3. The molecule has 0 aliphatic rings. The Bertz CT molecular complexity index is 1190. The van der Waals surface area contributed by atoms with E-state index in [9.17, 15) is 14.0 Å². The summed E-state index contributed by atoms with van der Waals surface area (Å²) in [6, 6.07) is 10.8. The first-order valence-corrected chi connectivity index (χ1v) is 10.1. The number of benzene rings is 1. The van der Waals surface area contributed by atoms with E-state index in [0.717, 1.165) is 27.2 Å². The number of Topliss-reactive ketones (excluding diaryl/α,β-unsaturated/α-hetero) is 1. The average Bonchev–Trinajstić information content (AvgIpc) is 3.37. The third kappa shape index (κ3) is 3.58. The summed E-state index contributed by atoms with van der Waals surface area (Å²) in [5.41, 5.74) is 1.42. The number of aromatic nitrogens is 2. The Balaban J connectivity index is 1.56. The van der Waals surface area contributed by atoms with Gasteiger partial charge in [-0.05, 0) is 49.4 Å². The van der Waals surface area contributed by atoms with Gasteiger partial charge in [0.2, 0.25) is 5.78 Å². The SMILES string of the molecule is Cc1nn(-c2ccc(F)cc2)c2sc(C(=O)OCC(=O)c3ccc(Cl)s3)cc12. The molecule has 0 saturated carbocycles. The quantitative estimate of drug-likeness (QED) is 0.316. The van der Waals surface area contributed by atoms with Crippen LogP contribution in [-0.2, 0) is 4.74 Å². The highest BCUT2D eigenvalue weighted by Crippen LogP contribution is 2.31. The summed E-state index contributed by atoms with van der Waals surface area (Å²) in [5, 5.41) is 5.26. The van der Waals surface area contributed by atoms with Gasteiger partial charge in [0.1, 0.15) is 15.5 Å². The van der Waals surface area contributed by atoms with Crippen molar-refractivity contribution < 1.29 is 18.7 Å². The largest absolute Gasteiger partial charge is 0.453 e. The van der Waals surface area contributed by atoms with Crippen molar-refractivity contribution in [2.24, 2.45) is 0 Å². The molecule has 0 spiro atoms. The number of carbonyl (C=O) groups excluding carboxylic acids is 2. The standard InChI is InChI=1S/C19H12ClFN2O3S2/c1-10-13-8-16(19(25)26-9-14(24)15-6-7-17(20)27-15)28-18(13)23(22-10)12-4-2-11(21)3-5-12/h2-8H,9H2,1H3. The van der Waals surface area contributed by atoms with E-state index < -0.39 is 5.97 Å². The van der Waals surface area contributed by atoms with Crippen LogP contribution in [0.15, 0.2) is 42.5 Å². The van der Waals surface area contributed by atoms with Gasteiger partial charge in [-0.1, -0.05) is 11.6 Å². The van der Waals surface area contributed by atoms with E-state index in [1.807, 2.05) is 6.92 Å². The van der Waals surface area contributed by atoms with Crippen molar-refractivity contribution in [1.82, 2.24) is 9.78 Å². The maximum absolute atomic E-state index is 13.2. The molecule has 0 bridgehead atoms. The van der Waals surface area contributed by atoms with Gasteiger partial charge in [-0.3, -0.25) is 4.79 Å². The van der Waals surface area contributed by atoms with Gasteiger partial charge in [-0.2, -0.15) is 5.10 Å². The fourth-order valence-electron chi connectivity index (χ4n) is 2.64. The van der Waals surface area contributed by atoms with Crippen molar-refractivity contribution in [1.29, 1.82) is 0 Å². The van der Waals surface area contributed by atoms with Crippen molar-refractivity contribution in [3.05, 3.63) is 68.1 Å². The zero-order valence-corrected chi connectivity index (χ0v) is 16.8. The van der Waals surface area contributed by atoms with Crippen LogP contribution in [0.5, 0.6) is 0 Å². The molecule has 0 amide bonds. The number of rotatable bonds is 5. The van der Waals surface area contributed by atoms with E-state index in [0.29, 0.717) is 19.8 Å². The van der Waals surface area contributed by atoms with E-state index in [4.69, 9.17) is 16.3 Å². The van der Waals surface area contributed by atoms with E-state index in [-0.39, 0.29) is 18.2 Å². The van der Waals surface area contributed by atoms with Crippen LogP contribution in [0.2, 0.25) is 4.34 Å². The Hall–Kier alpha value is -2.55. The van der Waals surface area contributed by atoms with E-state index in [1.165, 1.54) is 23.5 Å². The first kappa shape index (κ1) is 18.8. The molecule has 4 aromatic rings. The lowest BCUT2D eigenvalue weighted by molar-refractivity contribution is 0.0481. The minimum Gasteiger partial charge on any atom is -0.453 e. The van der Waals surface area contributed by atoms with Crippen LogP contribution in [0.3, 0.4) is 0 Å². The molecular weight excluding hydrogens is 423 g/mol. The smallest absolute Gasteiger partial charge is 0.348 e. The van der Waals surface area contributed by atoms with Crippen molar-refractivity contribution in [3.63, 3.8) is 0 Å². The third-order valence-corrected chi connectivity index (χ3v) is 6.36. The van der Waals surface area contributed by atoms with Gasteiger partial charge in [0, 0.05) is 5.39 Å². The lowest BCUT2D eigenvalue weighted by Gasteiger charge is -2.02. The number of thiophene rings is 2. The van der Waals surface area contributed by atoms with Gasteiger partial charge in [0.15, 0.2) is 6.61 Å². The Labute approximate surface area is 171 Å². The lowest BCUT2D eigenvalue weighted by Crippen LogP contribution is -2.12. The molecule has 0 aliphatic carbocycles. The zero-order chi connectivity index (χ0) is 19.8. The summed E-state index contributed by atoms with van der Waals surface area (Å²) in [7, 11) is 0. The number of carbonyl (C=O) groups is 2. The minimum absolute atomic E-state index is 0.306. The van der Waals surface area contributed by atoms with E-state index in [2.05, 4.69) is 5.10 Å². The number of esters is 1. The number of nitrogens with zero attached hydrogens (tertiary/aromatic N) is 2. The monoisotopic (exact) mass is 434 g/mol. The Morgan fingerprint density at radius 1 is 1.14 bits per heavy atom. The zero-order valence-electron chi connectivity index (χ0n) is 14.4. The van der Waals surface area contributed by atoms with Crippen molar-refractivity contribution in [3.8, 4) is 5.69 Å². The molecule has 142 valence electrons. The summed E-state index contributed by atoms with van der Waals surface area (Å²) in [4.78, 5) is 26.0. The molecule has 0 aliphatic heterocycles. The van der Waals surface area contributed by atoms with Crippen LogP contribution in [0.4, 0.5) is 4.39 Å². The molecule has 3 heterocycles. The molecule has 28 heavy (non-hydrogen) atoms. The van der Waals surface area contributed by atoms with Gasteiger partial charge < -0.3 is 4.74 Å². The topological polar surface area (TPSA) is 61.2 Å². The van der Waals surface area contributed by atoms with Crippen LogP contribution < -0.4 is 0 Å². The van der Waals surface area contributed by atoms with Gasteiger partial charge in [0.25, 0.3) is 0 Å². The third-order valence-electron chi connectivity index (χ3n) is 4.00. The van der Waals surface area contributed by atoms with E-state index >= 15 is 0 Å². The summed E-state index contributed by atoms with van der Waals surface area (Å²) in [6.07, 6.45) is 0. The number of ketones is 1. The van der Waals surface area contributed by atoms with Crippen LogP contribution >= 0.6 is 34.3 Å². The number of aryl methyl sites for hydroxylation is 1. The molecule has 0 fully saturated rings. The summed E-state index contributed by atoms with van der Waals surface area (Å²) < 4.78 is 20.5. The Morgan fingerprint density at radius 2 is 1.89 bits per heavy atom. The molecule has 0 unspecified atom stereocenters. The average molecular weight is 435 g/mol. The normalized spacial score (nSPS) is 11.1. The van der Waals surface area contributed by atoms with Crippen LogP contribution in [0, 0.1) is 12.7 Å². The van der Waals surface area contributed by atoms with Crippen molar-refractivity contribution >= 4 is 56.2 Å². The maximum atomic E-state index is 13.2. The van der Waals surface area contributed by atoms with Gasteiger partial charge >= 0.3 is 5.97 Å². The van der Waals surface area contributed by atoms with E-state index in [1.54, 1.807) is 35.0 Å². The van der Waals surface area contributed by atoms with Gasteiger partial charge in [-0.15, -0.1) is 22.7 Å². The van der Waals surface area contributed by atoms with Crippen molar-refractivity contribution in [2.75, 3.05) is 6.61 Å². The minimum atomic E-state index is -0.581. The number of ether oxygens (including phenoxy) is 1. The highest BCUT2D eigenvalue weighted by atomic mass is 35.5. The molecule has 1 aromatic carbocycles. The van der Waals surface area contributed by atoms with Gasteiger partial charge in [0.05, 0.1) is 20.6 Å². The second-order valence-electron chi connectivity index (χ2n) is 5.91. The summed E-state index contributed by atoms with van der Waals surface area (Å²) in [5.74, 6) is -1.22. The molecule has 0 N–H and O–H groups in total. The molecule has 0 radical (unpaired) electrons. The number of halogens is 2. The molecular formula is C19H12ClFN2O3S2. The first-order valence-electron chi connectivity index (χ1n) is 8.13. The Kier molecular flexibility index (Phi) is 5.01. The van der Waals surface area contributed by atoms with Crippen molar-refractivity contribution in [2.45, 2.75) is 6.92 Å². The van der Waals surface area contributed by atoms with Crippen LogP contribution in [0.1, 0.15) is 25.0 Å². The fourth-order valence-corrected chi connectivity index (χ4v) is 4.69. The fraction of sp³-hybridized carbons (Fsp3) is 0.105. The predicted octanol–water partition coefficient (Wildman–Crippen LogP) is 5.29. The highest BCUT2D eigenvalue weighted by Gasteiger charge is 2.19. The highest BCUT2D eigenvalue weighted by molar-refractivity contribution is 7.20. The number of hydrogen-bond donors (Lipinski definition) is 0. The predicted molar refractivity (Wildman–Crippen MR) is 108 cm³/mol. The first-order chi connectivity index (χ1) is 13.4. The molecule has 5 nitrogen and oxygen atoms in total. The molecule has 4 rings (SSSR count). The second-order valence-corrected chi connectivity index (χ2v) is 8.65.